The second kappa shape index (κ2) is 9.66. The molecule has 0 heterocycles. The molecule has 2 N–H and O–H groups in total. The van der Waals surface area contributed by atoms with Crippen LogP contribution in [0.3, 0.4) is 0 Å². The van der Waals surface area contributed by atoms with Crippen molar-refractivity contribution in [1.29, 1.82) is 0 Å². The van der Waals surface area contributed by atoms with Gasteiger partial charge in [0, 0.05) is 30.8 Å². The first-order valence-electron chi connectivity index (χ1n) is 8.61. The van der Waals surface area contributed by atoms with E-state index >= 15 is 0 Å². The number of guanidine groups is 1. The van der Waals surface area contributed by atoms with Crippen LogP contribution in [0.25, 0.3) is 0 Å². The molecule has 2 unspecified atom stereocenters. The summed E-state index contributed by atoms with van der Waals surface area (Å²) in [6, 6.07) is 16.8. The molecule has 1 aliphatic rings. The van der Waals surface area contributed by atoms with Crippen LogP contribution in [0, 0.1) is 0 Å². The smallest absolute Gasteiger partial charge is 0.195 e. The standard InChI is InChI=1S/C20H25N3O2.HI/c1-4-25-19-12-15(10-11-18(19)24-3)22-20(21-2)23-17-13-16(17)14-8-6-5-7-9-14;/h5-12,16-17H,4,13H2,1-3H3,(H2,21,22,23);1H. The molecule has 0 spiro atoms. The molecule has 2 atom stereocenters. The van der Waals surface area contributed by atoms with Crippen molar-refractivity contribution >= 4 is 35.6 Å². The lowest BCUT2D eigenvalue weighted by Crippen LogP contribution is -2.33. The van der Waals surface area contributed by atoms with Crippen LogP contribution in [-0.2, 0) is 0 Å². The molecule has 2 aromatic carbocycles. The minimum atomic E-state index is 0. The Hall–Kier alpha value is -1.96. The number of benzene rings is 2. The molecule has 2 aromatic rings. The highest BCUT2D eigenvalue weighted by atomic mass is 127. The van der Waals surface area contributed by atoms with Crippen LogP contribution in [0.1, 0.15) is 24.8 Å². The molecule has 0 bridgehead atoms. The first kappa shape index (κ1) is 20.4. The highest BCUT2D eigenvalue weighted by Crippen LogP contribution is 2.40. The zero-order chi connectivity index (χ0) is 17.6. The summed E-state index contributed by atoms with van der Waals surface area (Å²) in [5.74, 6) is 2.76. The van der Waals surface area contributed by atoms with Gasteiger partial charge in [-0.2, -0.15) is 0 Å². The Morgan fingerprint density at radius 1 is 1.15 bits per heavy atom. The number of nitrogens with zero attached hydrogens (tertiary/aromatic N) is 1. The zero-order valence-corrected chi connectivity index (χ0v) is 17.7. The molecule has 0 radical (unpaired) electrons. The van der Waals surface area contributed by atoms with E-state index in [9.17, 15) is 0 Å². The lowest BCUT2D eigenvalue weighted by molar-refractivity contribution is 0.311. The average Bonchev–Trinajstić information content (AvgIpc) is 3.41. The summed E-state index contributed by atoms with van der Waals surface area (Å²) in [5, 5.41) is 6.81. The normalized spacial score (nSPS) is 18.5. The topological polar surface area (TPSA) is 54.9 Å². The fourth-order valence-corrected chi connectivity index (χ4v) is 2.91. The Bertz CT molecular complexity index is 737. The molecule has 140 valence electrons. The molecule has 1 aliphatic carbocycles. The maximum absolute atomic E-state index is 5.63. The van der Waals surface area contributed by atoms with Crippen LogP contribution in [0.5, 0.6) is 11.5 Å². The number of rotatable bonds is 6. The Labute approximate surface area is 172 Å². The van der Waals surface area contributed by atoms with Crippen LogP contribution >= 0.6 is 24.0 Å². The summed E-state index contributed by atoms with van der Waals surface area (Å²) in [5.41, 5.74) is 2.28. The van der Waals surface area contributed by atoms with E-state index in [1.807, 2.05) is 25.1 Å². The van der Waals surface area contributed by atoms with Crippen molar-refractivity contribution in [3.63, 3.8) is 0 Å². The van der Waals surface area contributed by atoms with Gasteiger partial charge in [0.05, 0.1) is 13.7 Å². The summed E-state index contributed by atoms with van der Waals surface area (Å²) < 4.78 is 10.9. The maximum Gasteiger partial charge on any atom is 0.195 e. The monoisotopic (exact) mass is 467 g/mol. The predicted octanol–water partition coefficient (Wildman–Crippen LogP) is 4.26. The largest absolute Gasteiger partial charge is 0.493 e. The number of anilines is 1. The number of methoxy groups -OCH3 is 1. The second-order valence-electron chi connectivity index (χ2n) is 6.00. The number of hydrogen-bond donors (Lipinski definition) is 2. The number of aliphatic imine (C=N–C) groups is 1. The van der Waals surface area contributed by atoms with E-state index in [0.717, 1.165) is 29.6 Å². The molecule has 5 nitrogen and oxygen atoms in total. The number of hydrogen-bond acceptors (Lipinski definition) is 3. The van der Waals surface area contributed by atoms with Crippen molar-refractivity contribution in [2.45, 2.75) is 25.3 Å². The van der Waals surface area contributed by atoms with Gasteiger partial charge in [-0.3, -0.25) is 4.99 Å². The number of nitrogens with one attached hydrogen (secondary N) is 2. The average molecular weight is 467 g/mol. The first-order valence-corrected chi connectivity index (χ1v) is 8.61. The molecular weight excluding hydrogens is 441 g/mol. The van der Waals surface area contributed by atoms with E-state index in [1.165, 1.54) is 5.56 Å². The summed E-state index contributed by atoms with van der Waals surface area (Å²) >= 11 is 0. The second-order valence-corrected chi connectivity index (χ2v) is 6.00. The Morgan fingerprint density at radius 3 is 2.58 bits per heavy atom. The molecule has 6 heteroatoms. The Kier molecular flexibility index (Phi) is 7.56. The quantitative estimate of drug-likeness (QED) is 0.379. The zero-order valence-electron chi connectivity index (χ0n) is 15.4. The van der Waals surface area contributed by atoms with Gasteiger partial charge < -0.3 is 20.1 Å². The van der Waals surface area contributed by atoms with E-state index < -0.39 is 0 Å². The summed E-state index contributed by atoms with van der Waals surface area (Å²) in [6.07, 6.45) is 1.12. The van der Waals surface area contributed by atoms with Gasteiger partial charge >= 0.3 is 0 Å². The minimum Gasteiger partial charge on any atom is -0.493 e. The lowest BCUT2D eigenvalue weighted by atomic mass is 10.1. The molecule has 3 rings (SSSR count). The van der Waals surface area contributed by atoms with E-state index in [1.54, 1.807) is 14.2 Å². The molecular formula is C20H26IN3O2. The van der Waals surface area contributed by atoms with Gasteiger partial charge in [-0.1, -0.05) is 30.3 Å². The molecule has 0 aliphatic heterocycles. The molecule has 26 heavy (non-hydrogen) atoms. The third kappa shape index (κ3) is 5.03. The van der Waals surface area contributed by atoms with Crippen molar-refractivity contribution in [2.75, 3.05) is 26.1 Å². The molecule has 0 aromatic heterocycles. The van der Waals surface area contributed by atoms with Gasteiger partial charge in [0.1, 0.15) is 0 Å². The van der Waals surface area contributed by atoms with Gasteiger partial charge in [-0.05, 0) is 31.0 Å². The number of ether oxygens (including phenoxy) is 2. The maximum atomic E-state index is 5.63. The first-order chi connectivity index (χ1) is 12.2. The lowest BCUT2D eigenvalue weighted by Gasteiger charge is -2.14. The van der Waals surface area contributed by atoms with Crippen molar-refractivity contribution in [2.24, 2.45) is 4.99 Å². The van der Waals surface area contributed by atoms with Crippen LogP contribution in [0.2, 0.25) is 0 Å². The molecule has 1 saturated carbocycles. The van der Waals surface area contributed by atoms with Crippen molar-refractivity contribution < 1.29 is 9.47 Å². The van der Waals surface area contributed by atoms with Crippen molar-refractivity contribution in [1.82, 2.24) is 5.32 Å². The summed E-state index contributed by atoms with van der Waals surface area (Å²) in [7, 11) is 3.42. The van der Waals surface area contributed by atoms with Gasteiger partial charge in [-0.15, -0.1) is 24.0 Å². The fourth-order valence-electron chi connectivity index (χ4n) is 2.91. The summed E-state index contributed by atoms with van der Waals surface area (Å²) in [4.78, 5) is 4.33. The SMILES string of the molecule is CCOc1cc(NC(=NC)NC2CC2c2ccccc2)ccc1OC.I. The highest BCUT2D eigenvalue weighted by molar-refractivity contribution is 14.0. The number of halogens is 1. The highest BCUT2D eigenvalue weighted by Gasteiger charge is 2.38. The molecule has 0 amide bonds. The molecule has 0 saturated heterocycles. The van der Waals surface area contributed by atoms with Gasteiger partial charge in [-0.25, -0.2) is 0 Å². The van der Waals surface area contributed by atoms with Crippen molar-refractivity contribution in [3.05, 3.63) is 54.1 Å². The van der Waals surface area contributed by atoms with E-state index in [-0.39, 0.29) is 24.0 Å². The van der Waals surface area contributed by atoms with E-state index in [4.69, 9.17) is 9.47 Å². The van der Waals surface area contributed by atoms with Crippen molar-refractivity contribution in [3.8, 4) is 11.5 Å². The van der Waals surface area contributed by atoms with Gasteiger partial charge in [0.15, 0.2) is 17.5 Å². The predicted molar refractivity (Wildman–Crippen MR) is 117 cm³/mol. The van der Waals surface area contributed by atoms with Crippen LogP contribution < -0.4 is 20.1 Å². The van der Waals surface area contributed by atoms with Gasteiger partial charge in [0.25, 0.3) is 0 Å². The van der Waals surface area contributed by atoms with Crippen LogP contribution in [0.15, 0.2) is 53.5 Å². The fraction of sp³-hybridized carbons (Fsp3) is 0.350. The van der Waals surface area contributed by atoms with Crippen LogP contribution in [0.4, 0.5) is 5.69 Å². The van der Waals surface area contributed by atoms with Crippen LogP contribution in [-0.4, -0.2) is 32.8 Å². The Balaban J connectivity index is 0.00000243. The Morgan fingerprint density at radius 2 is 1.92 bits per heavy atom. The molecule has 1 fully saturated rings. The van der Waals surface area contributed by atoms with Gasteiger partial charge in [0.2, 0.25) is 0 Å². The third-order valence-electron chi connectivity index (χ3n) is 4.29. The summed E-state index contributed by atoms with van der Waals surface area (Å²) in [6.45, 7) is 2.55. The third-order valence-corrected chi connectivity index (χ3v) is 4.29. The van der Waals surface area contributed by atoms with E-state index in [0.29, 0.717) is 18.6 Å². The minimum absolute atomic E-state index is 0. The van der Waals surface area contributed by atoms with E-state index in [2.05, 4.69) is 46.0 Å².